The molecule has 0 aliphatic rings. The largest absolute Gasteiger partial charge is 0.496 e. The molecule has 8 heteroatoms. The highest BCUT2D eigenvalue weighted by Gasteiger charge is 2.22. The van der Waals surface area contributed by atoms with E-state index in [9.17, 15) is 9.59 Å². The van der Waals surface area contributed by atoms with Gasteiger partial charge >= 0.3 is 5.97 Å². The van der Waals surface area contributed by atoms with E-state index in [1.807, 2.05) is 18.2 Å². The van der Waals surface area contributed by atoms with Crippen molar-refractivity contribution in [1.29, 1.82) is 0 Å². The van der Waals surface area contributed by atoms with Crippen LogP contribution in [0, 0.1) is 3.57 Å². The number of hydrogen-bond donors (Lipinski definition) is 0. The van der Waals surface area contributed by atoms with Gasteiger partial charge in [0.2, 0.25) is 0 Å². The predicted octanol–water partition coefficient (Wildman–Crippen LogP) is 7.69. The quantitative estimate of drug-likeness (QED) is 0.137. The van der Waals surface area contributed by atoms with Crippen molar-refractivity contribution in [2.75, 3.05) is 14.2 Å². The van der Waals surface area contributed by atoms with Crippen molar-refractivity contribution in [2.24, 2.45) is 0 Å². The van der Waals surface area contributed by atoms with E-state index in [1.165, 1.54) is 7.11 Å². The number of ketones is 1. The van der Waals surface area contributed by atoms with E-state index < -0.39 is 0 Å². The van der Waals surface area contributed by atoms with E-state index in [0.29, 0.717) is 37.3 Å². The number of halogens is 3. The molecule has 3 rings (SSSR count). The number of hydrogen-bond acceptors (Lipinski definition) is 5. The number of carbonyl (C=O) groups excluding carboxylic acids is 2. The zero-order valence-electron chi connectivity index (χ0n) is 19.1. The van der Waals surface area contributed by atoms with Gasteiger partial charge < -0.3 is 14.2 Å². The van der Waals surface area contributed by atoms with Gasteiger partial charge in [-0.05, 0) is 114 Å². The Morgan fingerprint density at radius 2 is 1.56 bits per heavy atom. The second-order valence-corrected chi connectivity index (χ2v) is 10.8. The fourth-order valence-electron chi connectivity index (χ4n) is 3.38. The number of esters is 1. The van der Waals surface area contributed by atoms with Gasteiger partial charge in [0.1, 0.15) is 11.5 Å². The van der Waals surface area contributed by atoms with Crippen molar-refractivity contribution >= 4 is 66.2 Å². The Morgan fingerprint density at radius 3 is 2.09 bits per heavy atom. The van der Waals surface area contributed by atoms with Crippen LogP contribution in [0.25, 0.3) is 0 Å². The second-order valence-electron chi connectivity index (χ2n) is 7.82. The summed E-state index contributed by atoms with van der Waals surface area (Å²) >= 11 is 9.28. The molecule has 0 spiro atoms. The zero-order valence-corrected chi connectivity index (χ0v) is 24.4. The topological polar surface area (TPSA) is 61.8 Å². The van der Waals surface area contributed by atoms with Crippen molar-refractivity contribution in [3.05, 3.63) is 83.3 Å². The fraction of sp³-hybridized carbons (Fsp3) is 0.231. The van der Waals surface area contributed by atoms with Crippen LogP contribution >= 0.6 is 54.5 Å². The van der Waals surface area contributed by atoms with Crippen LogP contribution in [0.1, 0.15) is 46.8 Å². The van der Waals surface area contributed by atoms with E-state index in [-0.39, 0.29) is 24.1 Å². The maximum atomic E-state index is 13.5. The highest BCUT2D eigenvalue weighted by atomic mass is 127. The van der Waals surface area contributed by atoms with Crippen LogP contribution in [0.2, 0.25) is 0 Å². The minimum atomic E-state index is -0.338. The molecule has 3 aromatic carbocycles. The first kappa shape index (κ1) is 26.7. The van der Waals surface area contributed by atoms with Crippen molar-refractivity contribution in [3.63, 3.8) is 0 Å². The van der Waals surface area contributed by atoms with E-state index in [4.69, 9.17) is 14.2 Å². The average Bonchev–Trinajstić information content (AvgIpc) is 2.80. The summed E-state index contributed by atoms with van der Waals surface area (Å²) < 4.78 is 19.0. The van der Waals surface area contributed by atoms with Crippen molar-refractivity contribution < 1.29 is 23.8 Å². The predicted molar refractivity (Wildman–Crippen MR) is 147 cm³/mol. The molecule has 0 heterocycles. The van der Waals surface area contributed by atoms with Gasteiger partial charge in [0.05, 0.1) is 35.1 Å². The van der Waals surface area contributed by atoms with Crippen molar-refractivity contribution in [1.82, 2.24) is 0 Å². The third-order valence-electron chi connectivity index (χ3n) is 5.15. The summed E-state index contributed by atoms with van der Waals surface area (Å²) in [6.07, 6.45) is 0.130. The van der Waals surface area contributed by atoms with Gasteiger partial charge in [-0.15, -0.1) is 0 Å². The first-order valence-electron chi connectivity index (χ1n) is 10.4. The van der Waals surface area contributed by atoms with E-state index in [2.05, 4.69) is 68.3 Å². The first-order valence-corrected chi connectivity index (χ1v) is 13.1. The molecular formula is C26H23Br2IO5. The summed E-state index contributed by atoms with van der Waals surface area (Å²) in [6.45, 7) is 4.10. The highest BCUT2D eigenvalue weighted by Crippen LogP contribution is 2.42. The normalized spacial score (nSPS) is 10.8. The molecule has 0 N–H and O–H groups in total. The molecule has 0 aromatic heterocycles. The molecular weight excluding hydrogens is 679 g/mol. The summed E-state index contributed by atoms with van der Waals surface area (Å²) in [4.78, 5) is 25.2. The Balaban J connectivity index is 2.11. The SMILES string of the molecule is COC(=O)Cc1cc(Br)c(Oc2cc(C(C)C)c(OC)cc2C(=O)c2ccc(I)cc2)c(Br)c1. The lowest BCUT2D eigenvalue weighted by molar-refractivity contribution is -0.139. The Labute approximate surface area is 229 Å². The van der Waals surface area contributed by atoms with E-state index in [1.54, 1.807) is 37.4 Å². The molecule has 0 radical (unpaired) electrons. The second kappa shape index (κ2) is 11.7. The molecule has 0 aliphatic carbocycles. The van der Waals surface area contributed by atoms with Gasteiger partial charge in [-0.2, -0.15) is 0 Å². The average molecular weight is 702 g/mol. The summed E-state index contributed by atoms with van der Waals surface area (Å²) in [5.41, 5.74) is 2.62. The summed E-state index contributed by atoms with van der Waals surface area (Å²) in [6, 6.07) is 14.6. The summed E-state index contributed by atoms with van der Waals surface area (Å²) in [7, 11) is 2.94. The number of carbonyl (C=O) groups is 2. The lowest BCUT2D eigenvalue weighted by Gasteiger charge is -2.19. The summed E-state index contributed by atoms with van der Waals surface area (Å²) in [5.74, 6) is 1.17. The van der Waals surface area contributed by atoms with Gasteiger partial charge in [0.15, 0.2) is 11.5 Å². The van der Waals surface area contributed by atoms with Crippen LogP contribution in [0.3, 0.4) is 0 Å². The van der Waals surface area contributed by atoms with Crippen molar-refractivity contribution in [3.8, 4) is 17.2 Å². The highest BCUT2D eigenvalue weighted by molar-refractivity contribution is 14.1. The molecule has 0 atom stereocenters. The molecule has 0 bridgehead atoms. The van der Waals surface area contributed by atoms with Crippen LogP contribution in [0.15, 0.2) is 57.5 Å². The maximum Gasteiger partial charge on any atom is 0.309 e. The molecule has 0 saturated carbocycles. The van der Waals surface area contributed by atoms with Crippen LogP contribution in [-0.2, 0) is 16.0 Å². The van der Waals surface area contributed by atoms with Gasteiger partial charge in [-0.3, -0.25) is 9.59 Å². The smallest absolute Gasteiger partial charge is 0.309 e. The molecule has 3 aromatic rings. The van der Waals surface area contributed by atoms with Gasteiger partial charge in [-0.25, -0.2) is 0 Å². The molecule has 0 saturated heterocycles. The van der Waals surface area contributed by atoms with Gasteiger partial charge in [-0.1, -0.05) is 13.8 Å². The van der Waals surface area contributed by atoms with E-state index in [0.717, 1.165) is 14.7 Å². The van der Waals surface area contributed by atoms with Gasteiger partial charge in [0.25, 0.3) is 0 Å². The Hall–Kier alpha value is -1.91. The van der Waals surface area contributed by atoms with Crippen molar-refractivity contribution in [2.45, 2.75) is 26.2 Å². The maximum absolute atomic E-state index is 13.5. The molecule has 0 unspecified atom stereocenters. The number of methoxy groups -OCH3 is 2. The minimum Gasteiger partial charge on any atom is -0.496 e. The molecule has 34 heavy (non-hydrogen) atoms. The molecule has 0 fully saturated rings. The standard InChI is InChI=1S/C26H23Br2IO5/c1-14(2)18-12-23(34-26-20(27)9-15(10-21(26)28)11-24(30)33-4)19(13-22(18)32-3)25(31)16-5-7-17(29)8-6-16/h5-10,12-14H,11H2,1-4H3. The van der Waals surface area contributed by atoms with Crippen LogP contribution in [0.4, 0.5) is 0 Å². The van der Waals surface area contributed by atoms with Gasteiger partial charge in [0, 0.05) is 14.7 Å². The summed E-state index contributed by atoms with van der Waals surface area (Å²) in [5, 5.41) is 0. The molecule has 0 amide bonds. The van der Waals surface area contributed by atoms with Crippen LogP contribution in [-0.4, -0.2) is 26.0 Å². The van der Waals surface area contributed by atoms with E-state index >= 15 is 0 Å². The molecule has 178 valence electrons. The number of rotatable bonds is 8. The minimum absolute atomic E-state index is 0.130. The lowest BCUT2D eigenvalue weighted by atomic mass is 9.95. The van der Waals surface area contributed by atoms with Crippen LogP contribution in [0.5, 0.6) is 17.2 Å². The molecule has 0 aliphatic heterocycles. The third kappa shape index (κ3) is 6.20. The lowest BCUT2D eigenvalue weighted by Crippen LogP contribution is -2.07. The first-order chi connectivity index (χ1) is 16.1. The van der Waals surface area contributed by atoms with Crippen LogP contribution < -0.4 is 9.47 Å². The Bertz CT molecular complexity index is 1200. The monoisotopic (exact) mass is 700 g/mol. The Morgan fingerprint density at radius 1 is 0.941 bits per heavy atom. The Kier molecular flexibility index (Phi) is 9.17. The number of ether oxygens (including phenoxy) is 3. The number of benzene rings is 3. The molecule has 5 nitrogen and oxygen atoms in total. The fourth-order valence-corrected chi connectivity index (χ4v) is 5.19. The third-order valence-corrected chi connectivity index (χ3v) is 7.05. The zero-order chi connectivity index (χ0) is 25.0.